The number of hydrogen-bond acceptors (Lipinski definition) is 3. The van der Waals surface area contributed by atoms with Crippen molar-refractivity contribution in [3.8, 4) is 5.75 Å². The van der Waals surface area contributed by atoms with Gasteiger partial charge in [-0.3, -0.25) is 4.98 Å². The SMILES string of the molecule is CCC1(C)CC(NCc2cccnc2)c2cc(F)ccc2O1. The molecule has 0 saturated heterocycles. The van der Waals surface area contributed by atoms with Crippen LogP contribution >= 0.6 is 0 Å². The molecule has 2 unspecified atom stereocenters. The molecule has 0 fully saturated rings. The van der Waals surface area contributed by atoms with E-state index in [2.05, 4.69) is 24.1 Å². The van der Waals surface area contributed by atoms with E-state index in [1.54, 1.807) is 18.3 Å². The van der Waals surface area contributed by atoms with Crippen LogP contribution in [0.3, 0.4) is 0 Å². The molecule has 2 heterocycles. The topological polar surface area (TPSA) is 34.2 Å². The minimum Gasteiger partial charge on any atom is -0.487 e. The maximum Gasteiger partial charge on any atom is 0.125 e. The normalized spacial score (nSPS) is 23.7. The average molecular weight is 300 g/mol. The predicted octanol–water partition coefficient (Wildman–Crippen LogP) is 4.00. The molecule has 1 aliphatic heterocycles. The van der Waals surface area contributed by atoms with Gasteiger partial charge in [-0.15, -0.1) is 0 Å². The van der Waals surface area contributed by atoms with Crippen molar-refractivity contribution in [3.05, 3.63) is 59.7 Å². The number of ether oxygens (including phenoxy) is 1. The molecular formula is C18H21FN2O. The molecule has 116 valence electrons. The lowest BCUT2D eigenvalue weighted by atomic mass is 9.86. The van der Waals surface area contributed by atoms with Crippen LogP contribution in [-0.4, -0.2) is 10.6 Å². The fourth-order valence-electron chi connectivity index (χ4n) is 2.88. The lowest BCUT2D eigenvalue weighted by molar-refractivity contribution is 0.0437. The maximum absolute atomic E-state index is 13.6. The fourth-order valence-corrected chi connectivity index (χ4v) is 2.88. The Balaban J connectivity index is 1.84. The second-order valence-corrected chi connectivity index (χ2v) is 6.09. The largest absolute Gasteiger partial charge is 0.487 e. The summed E-state index contributed by atoms with van der Waals surface area (Å²) in [6.45, 7) is 4.93. The van der Waals surface area contributed by atoms with Crippen LogP contribution in [0, 0.1) is 5.82 Å². The Bertz CT molecular complexity index is 647. The first-order valence-electron chi connectivity index (χ1n) is 7.70. The summed E-state index contributed by atoms with van der Waals surface area (Å²) in [6, 6.07) is 8.79. The van der Waals surface area contributed by atoms with Crippen LogP contribution in [0.1, 0.15) is 43.9 Å². The molecule has 3 rings (SSSR count). The second kappa shape index (κ2) is 6.05. The molecule has 0 aliphatic carbocycles. The standard InChI is InChI=1S/C18H21FN2O/c1-3-18(2)10-16(21-12-13-5-4-8-20-11-13)15-9-14(19)6-7-17(15)22-18/h4-9,11,16,21H,3,10,12H2,1-2H3. The molecule has 22 heavy (non-hydrogen) atoms. The number of aromatic nitrogens is 1. The summed E-state index contributed by atoms with van der Waals surface area (Å²) < 4.78 is 19.7. The molecule has 1 aliphatic rings. The first kappa shape index (κ1) is 15.0. The van der Waals surface area contributed by atoms with E-state index >= 15 is 0 Å². The lowest BCUT2D eigenvalue weighted by Gasteiger charge is -2.40. The van der Waals surface area contributed by atoms with Crippen LogP contribution in [0.15, 0.2) is 42.7 Å². The number of rotatable bonds is 4. The summed E-state index contributed by atoms with van der Waals surface area (Å²) in [5.74, 6) is 0.552. The summed E-state index contributed by atoms with van der Waals surface area (Å²) in [7, 11) is 0. The third kappa shape index (κ3) is 3.12. The third-order valence-corrected chi connectivity index (χ3v) is 4.36. The number of fused-ring (bicyclic) bond motifs is 1. The van der Waals surface area contributed by atoms with Gasteiger partial charge < -0.3 is 10.1 Å². The third-order valence-electron chi connectivity index (χ3n) is 4.36. The van der Waals surface area contributed by atoms with Crippen molar-refractivity contribution in [1.29, 1.82) is 0 Å². The highest BCUT2D eigenvalue weighted by molar-refractivity contribution is 5.39. The zero-order valence-electron chi connectivity index (χ0n) is 13.0. The van der Waals surface area contributed by atoms with E-state index < -0.39 is 0 Å². The summed E-state index contributed by atoms with van der Waals surface area (Å²) in [5, 5.41) is 3.52. The van der Waals surface area contributed by atoms with Crippen LogP contribution in [0.4, 0.5) is 4.39 Å². The van der Waals surface area contributed by atoms with Gasteiger partial charge in [0.25, 0.3) is 0 Å². The molecule has 0 saturated carbocycles. The molecule has 0 spiro atoms. The first-order valence-corrected chi connectivity index (χ1v) is 7.70. The van der Waals surface area contributed by atoms with Crippen molar-refractivity contribution in [2.45, 2.75) is 44.9 Å². The molecule has 0 bridgehead atoms. The molecule has 1 N–H and O–H groups in total. The van der Waals surface area contributed by atoms with Gasteiger partial charge in [0.1, 0.15) is 17.2 Å². The van der Waals surface area contributed by atoms with Gasteiger partial charge in [0, 0.05) is 37.0 Å². The van der Waals surface area contributed by atoms with Gasteiger partial charge in [-0.1, -0.05) is 13.0 Å². The van der Waals surface area contributed by atoms with Crippen LogP contribution in [0.5, 0.6) is 5.75 Å². The molecule has 2 atom stereocenters. The van der Waals surface area contributed by atoms with Crippen LogP contribution in [0.2, 0.25) is 0 Å². The number of nitrogens with zero attached hydrogens (tertiary/aromatic N) is 1. The predicted molar refractivity (Wildman–Crippen MR) is 84.2 cm³/mol. The lowest BCUT2D eigenvalue weighted by Crippen LogP contribution is -2.41. The Morgan fingerprint density at radius 3 is 3.00 bits per heavy atom. The Kier molecular flexibility index (Phi) is 4.12. The monoisotopic (exact) mass is 300 g/mol. The van der Waals surface area contributed by atoms with E-state index in [1.807, 2.05) is 18.3 Å². The minimum absolute atomic E-state index is 0.0737. The quantitative estimate of drug-likeness (QED) is 0.926. The highest BCUT2D eigenvalue weighted by atomic mass is 19.1. The fraction of sp³-hybridized carbons (Fsp3) is 0.389. The first-order chi connectivity index (χ1) is 10.6. The van der Waals surface area contributed by atoms with E-state index in [4.69, 9.17) is 4.74 Å². The van der Waals surface area contributed by atoms with E-state index in [0.717, 1.165) is 29.7 Å². The number of pyridine rings is 1. The van der Waals surface area contributed by atoms with Gasteiger partial charge in [-0.05, 0) is 43.2 Å². The highest BCUT2D eigenvalue weighted by Gasteiger charge is 2.36. The summed E-state index contributed by atoms with van der Waals surface area (Å²) in [5.41, 5.74) is 1.79. The molecule has 2 aromatic rings. The Morgan fingerprint density at radius 1 is 1.41 bits per heavy atom. The van der Waals surface area contributed by atoms with Gasteiger partial charge in [-0.25, -0.2) is 4.39 Å². The Labute approximate surface area is 130 Å². The van der Waals surface area contributed by atoms with Crippen molar-refractivity contribution in [3.63, 3.8) is 0 Å². The average Bonchev–Trinajstić information content (AvgIpc) is 2.54. The second-order valence-electron chi connectivity index (χ2n) is 6.09. The van der Waals surface area contributed by atoms with Crippen molar-refractivity contribution in [2.24, 2.45) is 0 Å². The smallest absolute Gasteiger partial charge is 0.125 e. The van der Waals surface area contributed by atoms with Gasteiger partial charge in [-0.2, -0.15) is 0 Å². The van der Waals surface area contributed by atoms with Gasteiger partial charge in [0.05, 0.1) is 0 Å². The summed E-state index contributed by atoms with van der Waals surface area (Å²) in [6.07, 6.45) is 5.34. The van der Waals surface area contributed by atoms with Gasteiger partial charge in [0.2, 0.25) is 0 Å². The van der Waals surface area contributed by atoms with Gasteiger partial charge >= 0.3 is 0 Å². The summed E-state index contributed by atoms with van der Waals surface area (Å²) in [4.78, 5) is 4.13. The van der Waals surface area contributed by atoms with Crippen LogP contribution in [-0.2, 0) is 6.54 Å². The summed E-state index contributed by atoms with van der Waals surface area (Å²) >= 11 is 0. The maximum atomic E-state index is 13.6. The molecular weight excluding hydrogens is 279 g/mol. The van der Waals surface area contributed by atoms with Crippen molar-refractivity contribution in [2.75, 3.05) is 0 Å². The van der Waals surface area contributed by atoms with Crippen LogP contribution in [0.25, 0.3) is 0 Å². The van der Waals surface area contributed by atoms with E-state index in [0.29, 0.717) is 6.54 Å². The molecule has 1 aromatic carbocycles. The zero-order valence-corrected chi connectivity index (χ0v) is 13.0. The molecule has 0 amide bonds. The Morgan fingerprint density at radius 2 is 2.27 bits per heavy atom. The van der Waals surface area contributed by atoms with E-state index in [1.165, 1.54) is 6.07 Å². The van der Waals surface area contributed by atoms with Crippen LogP contribution < -0.4 is 10.1 Å². The highest BCUT2D eigenvalue weighted by Crippen LogP contribution is 2.41. The van der Waals surface area contributed by atoms with E-state index in [9.17, 15) is 4.39 Å². The van der Waals surface area contributed by atoms with E-state index in [-0.39, 0.29) is 17.5 Å². The van der Waals surface area contributed by atoms with Crippen molar-refractivity contribution >= 4 is 0 Å². The molecule has 3 nitrogen and oxygen atoms in total. The molecule has 0 radical (unpaired) electrons. The number of benzene rings is 1. The van der Waals surface area contributed by atoms with Crippen molar-refractivity contribution in [1.82, 2.24) is 10.3 Å². The number of hydrogen-bond donors (Lipinski definition) is 1. The number of nitrogens with one attached hydrogen (secondary N) is 1. The number of halogens is 1. The Hall–Kier alpha value is -1.94. The van der Waals surface area contributed by atoms with Crippen molar-refractivity contribution < 1.29 is 9.13 Å². The van der Waals surface area contributed by atoms with Gasteiger partial charge in [0.15, 0.2) is 0 Å². The molecule has 4 heteroatoms. The zero-order chi connectivity index (χ0) is 15.6. The minimum atomic E-state index is -0.226. The molecule has 1 aromatic heterocycles.